The van der Waals surface area contributed by atoms with E-state index in [2.05, 4.69) is 20.7 Å². The van der Waals surface area contributed by atoms with Gasteiger partial charge < -0.3 is 0 Å². The Kier molecular flexibility index (Phi) is 4.75. The summed E-state index contributed by atoms with van der Waals surface area (Å²) in [5.41, 5.74) is 1.67. The molecule has 1 N–H and O–H groups in total. The molecular weight excluding hydrogens is 302 g/mol. The van der Waals surface area contributed by atoms with Crippen molar-refractivity contribution in [1.29, 1.82) is 0 Å². The summed E-state index contributed by atoms with van der Waals surface area (Å²) in [6, 6.07) is 3.48. The van der Waals surface area contributed by atoms with E-state index in [1.807, 2.05) is 26.8 Å². The van der Waals surface area contributed by atoms with Crippen LogP contribution in [0.15, 0.2) is 21.5 Å². The Labute approximate surface area is 112 Å². The van der Waals surface area contributed by atoms with Gasteiger partial charge in [0.1, 0.15) is 0 Å². The van der Waals surface area contributed by atoms with Crippen LogP contribution in [-0.4, -0.2) is 14.5 Å². The van der Waals surface area contributed by atoms with Crippen LogP contribution < -0.4 is 4.72 Å². The summed E-state index contributed by atoms with van der Waals surface area (Å²) < 4.78 is 27.9. The van der Waals surface area contributed by atoms with Crippen LogP contribution in [-0.2, 0) is 10.0 Å². The van der Waals surface area contributed by atoms with Gasteiger partial charge in [-0.1, -0.05) is 22.9 Å². The lowest BCUT2D eigenvalue weighted by Crippen LogP contribution is -2.32. The van der Waals surface area contributed by atoms with Crippen molar-refractivity contribution in [2.75, 3.05) is 0 Å². The smallest absolute Gasteiger partial charge is 0.208 e. The quantitative estimate of drug-likeness (QED) is 0.926. The van der Waals surface area contributed by atoms with Crippen molar-refractivity contribution in [3.8, 4) is 0 Å². The van der Waals surface area contributed by atoms with Crippen LogP contribution in [0.2, 0.25) is 0 Å². The standard InChI is InChI=1S/C12H18BrNO2S/c1-5-10(4)14-17(15,16)12-7-8(2)11(13)6-9(12)3/h6-7,10,14H,5H2,1-4H3/t10-/m1/s1. The summed E-state index contributed by atoms with van der Waals surface area (Å²) in [5.74, 6) is 0. The molecule has 17 heavy (non-hydrogen) atoms. The largest absolute Gasteiger partial charge is 0.241 e. The Morgan fingerprint density at radius 2 is 1.88 bits per heavy atom. The number of hydrogen-bond donors (Lipinski definition) is 1. The molecule has 0 fully saturated rings. The van der Waals surface area contributed by atoms with Crippen molar-refractivity contribution < 1.29 is 8.42 Å². The van der Waals surface area contributed by atoms with Crippen LogP contribution >= 0.6 is 15.9 Å². The second-order valence-corrected chi connectivity index (χ2v) is 6.83. The molecule has 1 aromatic rings. The maximum absolute atomic E-state index is 12.2. The first-order valence-electron chi connectivity index (χ1n) is 5.57. The molecule has 1 aromatic carbocycles. The van der Waals surface area contributed by atoms with Crippen LogP contribution in [0.4, 0.5) is 0 Å². The molecule has 0 spiro atoms. The monoisotopic (exact) mass is 319 g/mol. The van der Waals surface area contributed by atoms with Crippen molar-refractivity contribution in [3.63, 3.8) is 0 Å². The summed E-state index contributed by atoms with van der Waals surface area (Å²) >= 11 is 3.40. The van der Waals surface area contributed by atoms with Gasteiger partial charge in [0, 0.05) is 10.5 Å². The second-order valence-electron chi connectivity index (χ2n) is 4.30. The zero-order chi connectivity index (χ0) is 13.2. The van der Waals surface area contributed by atoms with Crippen molar-refractivity contribution in [3.05, 3.63) is 27.7 Å². The Bertz CT molecular complexity index is 511. The van der Waals surface area contributed by atoms with Gasteiger partial charge in [0.15, 0.2) is 0 Å². The third-order valence-corrected chi connectivity index (χ3v) is 5.30. The Morgan fingerprint density at radius 3 is 2.41 bits per heavy atom. The SMILES string of the molecule is CC[C@@H](C)NS(=O)(=O)c1cc(C)c(Br)cc1C. The van der Waals surface area contributed by atoms with E-state index in [1.54, 1.807) is 13.0 Å². The van der Waals surface area contributed by atoms with Gasteiger partial charge in [-0.3, -0.25) is 0 Å². The summed E-state index contributed by atoms with van der Waals surface area (Å²) in [6.45, 7) is 7.49. The molecule has 0 bridgehead atoms. The predicted octanol–water partition coefficient (Wildman–Crippen LogP) is 3.14. The normalized spacial score (nSPS) is 13.7. The molecule has 3 nitrogen and oxygen atoms in total. The molecule has 0 saturated heterocycles. The van der Waals surface area contributed by atoms with Gasteiger partial charge >= 0.3 is 0 Å². The first kappa shape index (κ1) is 14.7. The maximum atomic E-state index is 12.2. The van der Waals surface area contributed by atoms with Gasteiger partial charge in [0.05, 0.1) is 4.90 Å². The molecule has 5 heteroatoms. The molecule has 0 saturated carbocycles. The van der Waals surface area contributed by atoms with E-state index < -0.39 is 10.0 Å². The lowest BCUT2D eigenvalue weighted by atomic mass is 10.2. The van der Waals surface area contributed by atoms with E-state index in [0.29, 0.717) is 4.90 Å². The first-order valence-corrected chi connectivity index (χ1v) is 7.84. The summed E-state index contributed by atoms with van der Waals surface area (Å²) in [4.78, 5) is 0.360. The highest BCUT2D eigenvalue weighted by atomic mass is 79.9. The summed E-state index contributed by atoms with van der Waals surface area (Å²) in [6.07, 6.45) is 0.772. The van der Waals surface area contributed by atoms with Gasteiger partial charge in [-0.15, -0.1) is 0 Å². The van der Waals surface area contributed by atoms with Crippen molar-refractivity contribution >= 4 is 26.0 Å². The van der Waals surface area contributed by atoms with E-state index in [9.17, 15) is 8.42 Å². The number of rotatable bonds is 4. The molecule has 0 radical (unpaired) electrons. The fourth-order valence-corrected chi connectivity index (χ4v) is 3.55. The third-order valence-electron chi connectivity index (χ3n) is 2.71. The Balaban J connectivity index is 3.20. The van der Waals surface area contributed by atoms with Crippen molar-refractivity contribution in [2.24, 2.45) is 0 Å². The number of hydrogen-bond acceptors (Lipinski definition) is 2. The van der Waals surface area contributed by atoms with E-state index >= 15 is 0 Å². The van der Waals surface area contributed by atoms with Gasteiger partial charge in [-0.2, -0.15) is 0 Å². The Morgan fingerprint density at radius 1 is 1.29 bits per heavy atom. The number of nitrogens with one attached hydrogen (secondary N) is 1. The van der Waals surface area contributed by atoms with Crippen LogP contribution in [0.25, 0.3) is 0 Å². The van der Waals surface area contributed by atoms with Crippen molar-refractivity contribution in [1.82, 2.24) is 4.72 Å². The van der Waals surface area contributed by atoms with Gasteiger partial charge in [-0.05, 0) is 50.5 Å². The molecule has 0 heterocycles. The predicted molar refractivity (Wildman–Crippen MR) is 73.7 cm³/mol. The van der Waals surface area contributed by atoms with Crippen LogP contribution in [0.5, 0.6) is 0 Å². The molecular formula is C12H18BrNO2S. The van der Waals surface area contributed by atoms with Gasteiger partial charge in [0.2, 0.25) is 10.0 Å². The molecule has 0 aromatic heterocycles. The molecule has 96 valence electrons. The number of aryl methyl sites for hydroxylation is 2. The van der Waals surface area contributed by atoms with Gasteiger partial charge in [0.25, 0.3) is 0 Å². The minimum absolute atomic E-state index is 0.0525. The Hall–Kier alpha value is -0.390. The fraction of sp³-hybridized carbons (Fsp3) is 0.500. The van der Waals surface area contributed by atoms with Crippen LogP contribution in [0.1, 0.15) is 31.4 Å². The molecule has 0 aliphatic carbocycles. The number of halogens is 1. The van der Waals surface area contributed by atoms with Crippen LogP contribution in [0, 0.1) is 13.8 Å². The highest BCUT2D eigenvalue weighted by molar-refractivity contribution is 9.10. The molecule has 1 rings (SSSR count). The fourth-order valence-electron chi connectivity index (χ4n) is 1.46. The molecule has 1 atom stereocenters. The second kappa shape index (κ2) is 5.50. The average Bonchev–Trinajstić information content (AvgIpc) is 2.22. The van der Waals surface area contributed by atoms with Crippen LogP contribution in [0.3, 0.4) is 0 Å². The molecule has 0 aliphatic heterocycles. The van der Waals surface area contributed by atoms with E-state index in [1.165, 1.54) is 0 Å². The molecule has 0 unspecified atom stereocenters. The van der Waals surface area contributed by atoms with Gasteiger partial charge in [-0.25, -0.2) is 13.1 Å². The van der Waals surface area contributed by atoms with E-state index in [-0.39, 0.29) is 6.04 Å². The number of benzene rings is 1. The van der Waals surface area contributed by atoms with E-state index in [4.69, 9.17) is 0 Å². The van der Waals surface area contributed by atoms with E-state index in [0.717, 1.165) is 22.0 Å². The zero-order valence-electron chi connectivity index (χ0n) is 10.5. The number of sulfonamides is 1. The summed E-state index contributed by atoms with van der Waals surface area (Å²) in [5, 5.41) is 0. The minimum atomic E-state index is -3.41. The zero-order valence-corrected chi connectivity index (χ0v) is 12.9. The molecule has 0 amide bonds. The summed E-state index contributed by atoms with van der Waals surface area (Å²) in [7, 11) is -3.41. The topological polar surface area (TPSA) is 46.2 Å². The maximum Gasteiger partial charge on any atom is 0.241 e. The van der Waals surface area contributed by atoms with Crippen molar-refractivity contribution in [2.45, 2.75) is 45.1 Å². The third kappa shape index (κ3) is 3.53. The lowest BCUT2D eigenvalue weighted by Gasteiger charge is -2.14. The minimum Gasteiger partial charge on any atom is -0.208 e. The molecule has 0 aliphatic rings. The highest BCUT2D eigenvalue weighted by Gasteiger charge is 2.19. The first-order chi connectivity index (χ1) is 7.77. The average molecular weight is 320 g/mol. The lowest BCUT2D eigenvalue weighted by molar-refractivity contribution is 0.555. The highest BCUT2D eigenvalue weighted by Crippen LogP contribution is 2.24.